The number of hydrogen-bond acceptors (Lipinski definition) is 3. The summed E-state index contributed by atoms with van der Waals surface area (Å²) in [5.41, 5.74) is 0. The van der Waals surface area contributed by atoms with Crippen LogP contribution in [0.5, 0.6) is 0 Å². The molecule has 98 valence electrons. The highest BCUT2D eigenvalue weighted by Gasteiger charge is 2.10. The van der Waals surface area contributed by atoms with E-state index in [9.17, 15) is 0 Å². The first-order valence-corrected chi connectivity index (χ1v) is 6.71. The Bertz CT molecular complexity index is 147. The van der Waals surface area contributed by atoms with Gasteiger partial charge in [0.15, 0.2) is 0 Å². The minimum atomic E-state index is 0.328. The van der Waals surface area contributed by atoms with E-state index >= 15 is 0 Å². The molecule has 16 heavy (non-hydrogen) atoms. The average molecular weight is 230 g/mol. The second-order valence-electron chi connectivity index (χ2n) is 4.45. The molecule has 0 saturated heterocycles. The van der Waals surface area contributed by atoms with Crippen LogP contribution >= 0.6 is 0 Å². The molecule has 0 aromatic heterocycles. The van der Waals surface area contributed by atoms with E-state index in [2.05, 4.69) is 44.8 Å². The Morgan fingerprint density at radius 3 is 2.19 bits per heavy atom. The highest BCUT2D eigenvalue weighted by molar-refractivity contribution is 4.68. The van der Waals surface area contributed by atoms with Gasteiger partial charge in [-0.1, -0.05) is 20.8 Å². The summed E-state index contributed by atoms with van der Waals surface area (Å²) in [4.78, 5) is 2.46. The van der Waals surface area contributed by atoms with Gasteiger partial charge >= 0.3 is 0 Å². The van der Waals surface area contributed by atoms with Crippen LogP contribution in [0.1, 0.15) is 41.0 Å². The quantitative estimate of drug-likeness (QED) is 0.622. The fourth-order valence-corrected chi connectivity index (χ4v) is 1.72. The fraction of sp³-hybridized carbons (Fsp3) is 1.00. The Labute approximate surface area is 102 Å². The molecule has 3 nitrogen and oxygen atoms in total. The van der Waals surface area contributed by atoms with Crippen molar-refractivity contribution < 1.29 is 4.74 Å². The summed E-state index contributed by atoms with van der Waals surface area (Å²) in [6, 6.07) is 0.494. The molecule has 0 bridgehead atoms. The molecule has 0 aromatic rings. The molecule has 0 fully saturated rings. The summed E-state index contributed by atoms with van der Waals surface area (Å²) in [5.74, 6) is 0. The number of rotatable bonds is 10. The van der Waals surface area contributed by atoms with E-state index in [1.807, 2.05) is 0 Å². The molecule has 1 N–H and O–H groups in total. The van der Waals surface area contributed by atoms with Gasteiger partial charge in [-0.3, -0.25) is 0 Å². The number of likely N-dealkylation sites (N-methyl/N-ethyl adjacent to an activating group) is 1. The van der Waals surface area contributed by atoms with Crippen LogP contribution in [0.4, 0.5) is 0 Å². The Balaban J connectivity index is 3.82. The summed E-state index contributed by atoms with van der Waals surface area (Å²) in [5, 5.41) is 3.49. The molecule has 0 heterocycles. The largest absolute Gasteiger partial charge is 0.377 e. The van der Waals surface area contributed by atoms with Gasteiger partial charge in [-0.2, -0.15) is 0 Å². The van der Waals surface area contributed by atoms with Crippen molar-refractivity contribution in [1.29, 1.82) is 0 Å². The lowest BCUT2D eigenvalue weighted by Crippen LogP contribution is -2.38. The first-order valence-electron chi connectivity index (χ1n) is 6.71. The molecule has 0 amide bonds. The van der Waals surface area contributed by atoms with Gasteiger partial charge in [0.2, 0.25) is 0 Å². The van der Waals surface area contributed by atoms with E-state index in [0.717, 1.165) is 32.8 Å². The molecule has 1 atom stereocenters. The third-order valence-corrected chi connectivity index (χ3v) is 2.81. The first-order chi connectivity index (χ1) is 7.63. The smallest absolute Gasteiger partial charge is 0.0623 e. The zero-order valence-corrected chi connectivity index (χ0v) is 11.8. The van der Waals surface area contributed by atoms with Crippen molar-refractivity contribution in [1.82, 2.24) is 10.2 Å². The zero-order chi connectivity index (χ0) is 12.4. The van der Waals surface area contributed by atoms with Crippen molar-refractivity contribution in [2.75, 3.05) is 32.8 Å². The molecule has 0 aromatic carbocycles. The van der Waals surface area contributed by atoms with Crippen LogP contribution in [0.2, 0.25) is 0 Å². The molecular formula is C13H30N2O. The van der Waals surface area contributed by atoms with Gasteiger partial charge in [-0.05, 0) is 46.4 Å². The first kappa shape index (κ1) is 15.9. The van der Waals surface area contributed by atoms with Gasteiger partial charge in [0.05, 0.1) is 12.7 Å². The topological polar surface area (TPSA) is 24.5 Å². The predicted molar refractivity (Wildman–Crippen MR) is 71.0 cm³/mol. The van der Waals surface area contributed by atoms with Gasteiger partial charge < -0.3 is 15.0 Å². The molecule has 0 rings (SSSR count). The number of ether oxygens (including phenoxy) is 1. The molecule has 1 unspecified atom stereocenters. The summed E-state index contributed by atoms with van der Waals surface area (Å²) in [6.07, 6.45) is 1.50. The maximum Gasteiger partial charge on any atom is 0.0623 e. The second-order valence-corrected chi connectivity index (χ2v) is 4.45. The highest BCUT2D eigenvalue weighted by atomic mass is 16.5. The third-order valence-electron chi connectivity index (χ3n) is 2.81. The Morgan fingerprint density at radius 2 is 1.75 bits per heavy atom. The molecule has 0 aliphatic rings. The summed E-state index contributed by atoms with van der Waals surface area (Å²) in [7, 11) is 0. The SMILES string of the molecule is CCNC(CCN(CC)CC)COC(C)C. The molecular weight excluding hydrogens is 200 g/mol. The van der Waals surface area contributed by atoms with Crippen LogP contribution in [0.15, 0.2) is 0 Å². The predicted octanol–water partition coefficient (Wildman–Crippen LogP) is 2.12. The van der Waals surface area contributed by atoms with Crippen molar-refractivity contribution >= 4 is 0 Å². The molecule has 0 radical (unpaired) electrons. The minimum absolute atomic E-state index is 0.328. The van der Waals surface area contributed by atoms with Crippen LogP contribution in [0, 0.1) is 0 Å². The number of hydrogen-bond donors (Lipinski definition) is 1. The number of nitrogens with zero attached hydrogens (tertiary/aromatic N) is 1. The van der Waals surface area contributed by atoms with Crippen molar-refractivity contribution in [3.8, 4) is 0 Å². The Kier molecular flexibility index (Phi) is 9.99. The Morgan fingerprint density at radius 1 is 1.12 bits per heavy atom. The second kappa shape index (κ2) is 10.1. The normalized spacial score (nSPS) is 13.7. The van der Waals surface area contributed by atoms with Gasteiger partial charge in [-0.25, -0.2) is 0 Å². The van der Waals surface area contributed by atoms with E-state index in [-0.39, 0.29) is 0 Å². The number of nitrogens with one attached hydrogen (secondary N) is 1. The summed E-state index contributed by atoms with van der Waals surface area (Å²) in [6.45, 7) is 16.1. The van der Waals surface area contributed by atoms with E-state index in [0.29, 0.717) is 12.1 Å². The van der Waals surface area contributed by atoms with Crippen LogP contribution in [0.25, 0.3) is 0 Å². The minimum Gasteiger partial charge on any atom is -0.377 e. The standard InChI is InChI=1S/C13H30N2O/c1-6-14-13(11-16-12(4)5)9-10-15(7-2)8-3/h12-14H,6-11H2,1-5H3. The third kappa shape index (κ3) is 8.08. The average Bonchev–Trinajstić information content (AvgIpc) is 2.26. The van der Waals surface area contributed by atoms with E-state index in [1.54, 1.807) is 0 Å². The van der Waals surface area contributed by atoms with Crippen LogP contribution in [-0.2, 0) is 4.74 Å². The van der Waals surface area contributed by atoms with E-state index in [1.165, 1.54) is 6.42 Å². The van der Waals surface area contributed by atoms with Gasteiger partial charge in [-0.15, -0.1) is 0 Å². The summed E-state index contributed by atoms with van der Waals surface area (Å²) < 4.78 is 5.68. The maximum absolute atomic E-state index is 5.68. The Hall–Kier alpha value is -0.120. The van der Waals surface area contributed by atoms with Gasteiger partial charge in [0, 0.05) is 6.04 Å². The maximum atomic E-state index is 5.68. The van der Waals surface area contributed by atoms with Crippen molar-refractivity contribution in [3.63, 3.8) is 0 Å². The van der Waals surface area contributed by atoms with Crippen molar-refractivity contribution in [3.05, 3.63) is 0 Å². The lowest BCUT2D eigenvalue weighted by Gasteiger charge is -2.24. The van der Waals surface area contributed by atoms with Crippen LogP contribution in [-0.4, -0.2) is 49.8 Å². The molecule has 0 aliphatic heterocycles. The van der Waals surface area contributed by atoms with Gasteiger partial charge in [0.1, 0.15) is 0 Å². The molecule has 0 saturated carbocycles. The molecule has 3 heteroatoms. The molecule has 0 spiro atoms. The fourth-order valence-electron chi connectivity index (χ4n) is 1.72. The van der Waals surface area contributed by atoms with Crippen molar-refractivity contribution in [2.45, 2.75) is 53.2 Å². The van der Waals surface area contributed by atoms with Crippen molar-refractivity contribution in [2.24, 2.45) is 0 Å². The lowest BCUT2D eigenvalue weighted by atomic mass is 10.2. The highest BCUT2D eigenvalue weighted by Crippen LogP contribution is 1.99. The summed E-state index contributed by atoms with van der Waals surface area (Å²) >= 11 is 0. The lowest BCUT2D eigenvalue weighted by molar-refractivity contribution is 0.0576. The monoisotopic (exact) mass is 230 g/mol. The molecule has 0 aliphatic carbocycles. The van der Waals surface area contributed by atoms with E-state index in [4.69, 9.17) is 4.74 Å². The van der Waals surface area contributed by atoms with E-state index < -0.39 is 0 Å². The van der Waals surface area contributed by atoms with Gasteiger partial charge in [0.25, 0.3) is 0 Å². The van der Waals surface area contributed by atoms with Crippen LogP contribution < -0.4 is 5.32 Å². The zero-order valence-electron chi connectivity index (χ0n) is 11.8. The van der Waals surface area contributed by atoms with Crippen LogP contribution in [0.3, 0.4) is 0 Å².